The lowest BCUT2D eigenvalue weighted by Gasteiger charge is -2.08. The van der Waals surface area contributed by atoms with Gasteiger partial charge in [-0.25, -0.2) is 0 Å². The Balaban J connectivity index is 1.70. The molecule has 166 valence electrons. The average molecular weight is 464 g/mol. The van der Waals surface area contributed by atoms with Crippen LogP contribution in [0.3, 0.4) is 0 Å². The lowest BCUT2D eigenvalue weighted by Crippen LogP contribution is -2.14. The van der Waals surface area contributed by atoms with E-state index < -0.39 is 10.8 Å². The summed E-state index contributed by atoms with van der Waals surface area (Å²) in [5, 5.41) is 23.8. The molecule has 33 heavy (non-hydrogen) atoms. The number of nitro groups is 1. The van der Waals surface area contributed by atoms with Crippen LogP contribution in [0, 0.1) is 21.4 Å². The zero-order valence-electron chi connectivity index (χ0n) is 17.4. The predicted molar refractivity (Wildman–Crippen MR) is 124 cm³/mol. The molecule has 3 aromatic rings. The number of anilines is 1. The van der Waals surface area contributed by atoms with Crippen LogP contribution >= 0.6 is 11.6 Å². The highest BCUT2D eigenvalue weighted by atomic mass is 35.5. The molecule has 0 fully saturated rings. The Morgan fingerprint density at radius 3 is 2.39 bits per heavy atom. The zero-order chi connectivity index (χ0) is 23.8. The fourth-order valence-electron chi connectivity index (χ4n) is 2.81. The van der Waals surface area contributed by atoms with Gasteiger partial charge in [-0.05, 0) is 53.6 Å². The lowest BCUT2D eigenvalue weighted by atomic mass is 10.1. The molecule has 0 saturated heterocycles. The van der Waals surface area contributed by atoms with Crippen LogP contribution < -0.4 is 14.8 Å². The van der Waals surface area contributed by atoms with E-state index in [1.165, 1.54) is 31.4 Å². The summed E-state index contributed by atoms with van der Waals surface area (Å²) in [4.78, 5) is 23.2. The van der Waals surface area contributed by atoms with Crippen molar-refractivity contribution in [1.29, 1.82) is 5.26 Å². The number of rotatable bonds is 8. The first-order chi connectivity index (χ1) is 15.9. The third-order valence-electron chi connectivity index (χ3n) is 4.52. The van der Waals surface area contributed by atoms with E-state index in [9.17, 15) is 20.2 Å². The molecule has 0 bridgehead atoms. The first kappa shape index (κ1) is 23.3. The van der Waals surface area contributed by atoms with Crippen LogP contribution in [0.25, 0.3) is 6.08 Å². The third kappa shape index (κ3) is 6.32. The van der Waals surface area contributed by atoms with Crippen molar-refractivity contribution in [2.75, 3.05) is 12.4 Å². The monoisotopic (exact) mass is 463 g/mol. The van der Waals surface area contributed by atoms with Crippen molar-refractivity contribution in [2.24, 2.45) is 0 Å². The summed E-state index contributed by atoms with van der Waals surface area (Å²) >= 11 is 5.87. The maximum absolute atomic E-state index is 12.5. The molecule has 1 N–H and O–H groups in total. The molecule has 0 aliphatic heterocycles. The highest BCUT2D eigenvalue weighted by Crippen LogP contribution is 2.29. The minimum Gasteiger partial charge on any atom is -0.496 e. The number of amides is 1. The van der Waals surface area contributed by atoms with E-state index in [-0.39, 0.29) is 22.7 Å². The van der Waals surface area contributed by atoms with E-state index in [1.807, 2.05) is 18.2 Å². The smallest absolute Gasteiger partial charge is 0.296 e. The number of nitriles is 1. The van der Waals surface area contributed by atoms with Gasteiger partial charge in [-0.2, -0.15) is 5.26 Å². The summed E-state index contributed by atoms with van der Waals surface area (Å²) in [7, 11) is 1.38. The quantitative estimate of drug-likeness (QED) is 0.207. The molecule has 0 radical (unpaired) electrons. The van der Waals surface area contributed by atoms with Gasteiger partial charge in [0.1, 0.15) is 35.4 Å². The molecule has 0 aromatic heterocycles. The first-order valence-corrected chi connectivity index (χ1v) is 10.0. The fourth-order valence-corrected chi connectivity index (χ4v) is 2.93. The molecule has 0 heterocycles. The van der Waals surface area contributed by atoms with Crippen LogP contribution in [0.4, 0.5) is 11.4 Å². The van der Waals surface area contributed by atoms with Crippen LogP contribution in [-0.2, 0) is 11.4 Å². The topological polar surface area (TPSA) is 114 Å². The van der Waals surface area contributed by atoms with E-state index >= 15 is 0 Å². The van der Waals surface area contributed by atoms with Gasteiger partial charge in [0.25, 0.3) is 11.6 Å². The number of carbonyl (C=O) groups excluding carboxylic acids is 1. The number of ether oxygens (including phenoxy) is 2. The Morgan fingerprint density at radius 1 is 1.12 bits per heavy atom. The molecule has 0 spiro atoms. The van der Waals surface area contributed by atoms with Crippen molar-refractivity contribution in [2.45, 2.75) is 6.61 Å². The second-order valence-corrected chi connectivity index (χ2v) is 7.18. The van der Waals surface area contributed by atoms with Gasteiger partial charge in [0.2, 0.25) is 0 Å². The fraction of sp³-hybridized carbons (Fsp3) is 0.0833. The van der Waals surface area contributed by atoms with Crippen molar-refractivity contribution < 1.29 is 19.2 Å². The Labute approximate surface area is 194 Å². The molecule has 0 aliphatic rings. The minimum atomic E-state index is -0.770. The number of methoxy groups -OCH3 is 1. The summed E-state index contributed by atoms with van der Waals surface area (Å²) in [6.07, 6.45) is 1.38. The molecular weight excluding hydrogens is 446 g/mol. The van der Waals surface area contributed by atoms with Crippen LogP contribution in [0.1, 0.15) is 11.1 Å². The van der Waals surface area contributed by atoms with E-state index in [1.54, 1.807) is 36.4 Å². The Hall–Kier alpha value is -4.35. The Morgan fingerprint density at radius 2 is 1.79 bits per heavy atom. The van der Waals surface area contributed by atoms with Crippen molar-refractivity contribution in [3.63, 3.8) is 0 Å². The largest absolute Gasteiger partial charge is 0.496 e. The Bertz CT molecular complexity index is 1230. The third-order valence-corrected chi connectivity index (χ3v) is 4.78. The molecule has 0 saturated carbocycles. The van der Waals surface area contributed by atoms with Crippen molar-refractivity contribution in [3.8, 4) is 17.6 Å². The molecule has 1 amide bonds. The van der Waals surface area contributed by atoms with Crippen molar-refractivity contribution >= 4 is 35.0 Å². The van der Waals surface area contributed by atoms with E-state index in [4.69, 9.17) is 21.1 Å². The van der Waals surface area contributed by atoms with Crippen molar-refractivity contribution in [1.82, 2.24) is 0 Å². The summed E-state index contributed by atoms with van der Waals surface area (Å²) < 4.78 is 10.7. The predicted octanol–water partition coefficient (Wildman–Crippen LogP) is 5.38. The molecule has 3 rings (SSSR count). The number of nitrogens with one attached hydrogen (secondary N) is 1. The van der Waals surface area contributed by atoms with Crippen LogP contribution in [0.5, 0.6) is 11.5 Å². The molecule has 0 unspecified atom stereocenters. The normalized spacial score (nSPS) is 10.8. The second kappa shape index (κ2) is 10.8. The maximum atomic E-state index is 12.5. The maximum Gasteiger partial charge on any atom is 0.296 e. The number of hydrogen-bond acceptors (Lipinski definition) is 6. The number of carbonyl (C=O) groups is 1. The lowest BCUT2D eigenvalue weighted by molar-refractivity contribution is -0.384. The van der Waals surface area contributed by atoms with Crippen molar-refractivity contribution in [3.05, 3.63) is 98.6 Å². The Kier molecular flexibility index (Phi) is 7.63. The van der Waals surface area contributed by atoms with Crippen LogP contribution in [0.2, 0.25) is 5.02 Å². The van der Waals surface area contributed by atoms with Gasteiger partial charge in [-0.1, -0.05) is 35.9 Å². The zero-order valence-corrected chi connectivity index (χ0v) is 18.2. The summed E-state index contributed by atoms with van der Waals surface area (Å²) in [5.74, 6) is 0.113. The average Bonchev–Trinajstić information content (AvgIpc) is 2.83. The van der Waals surface area contributed by atoms with Gasteiger partial charge in [-0.3, -0.25) is 14.9 Å². The van der Waals surface area contributed by atoms with Gasteiger partial charge in [0, 0.05) is 5.02 Å². The van der Waals surface area contributed by atoms with Gasteiger partial charge in [-0.15, -0.1) is 0 Å². The summed E-state index contributed by atoms with van der Waals surface area (Å²) in [5.41, 5.74) is 0.944. The molecule has 9 heteroatoms. The number of halogens is 1. The molecule has 0 aliphatic carbocycles. The number of nitrogens with zero attached hydrogens (tertiary/aromatic N) is 2. The van der Waals surface area contributed by atoms with E-state index in [0.29, 0.717) is 22.9 Å². The van der Waals surface area contributed by atoms with Crippen LogP contribution in [0.15, 0.2) is 72.3 Å². The summed E-state index contributed by atoms with van der Waals surface area (Å²) in [6, 6.07) is 19.9. The number of nitro benzene ring substituents is 1. The minimum absolute atomic E-state index is 0.0436. The highest BCUT2D eigenvalue weighted by molar-refractivity contribution is 6.30. The van der Waals surface area contributed by atoms with Crippen LogP contribution in [-0.4, -0.2) is 17.9 Å². The van der Waals surface area contributed by atoms with Gasteiger partial charge in [0.15, 0.2) is 0 Å². The van der Waals surface area contributed by atoms with Gasteiger partial charge >= 0.3 is 0 Å². The molecule has 0 atom stereocenters. The standard InChI is InChI=1S/C24H18ClN3O5/c1-32-21-10-11-22(23(13-21)28(30)31)27-24(29)18(14-26)12-16-4-8-20(9-5-16)33-15-17-2-6-19(25)7-3-17/h2-13H,15H2,1H3,(H,27,29)/b18-12+. The summed E-state index contributed by atoms with van der Waals surface area (Å²) in [6.45, 7) is 0.360. The first-order valence-electron chi connectivity index (χ1n) is 9.62. The van der Waals surface area contributed by atoms with Gasteiger partial charge < -0.3 is 14.8 Å². The molecular formula is C24H18ClN3O5. The van der Waals surface area contributed by atoms with E-state index in [2.05, 4.69) is 5.32 Å². The second-order valence-electron chi connectivity index (χ2n) is 6.75. The van der Waals surface area contributed by atoms with Gasteiger partial charge in [0.05, 0.1) is 18.1 Å². The highest BCUT2D eigenvalue weighted by Gasteiger charge is 2.19. The molecule has 3 aromatic carbocycles. The number of benzene rings is 3. The SMILES string of the molecule is COc1ccc(NC(=O)/C(C#N)=C/c2ccc(OCc3ccc(Cl)cc3)cc2)c([N+](=O)[O-])c1. The molecule has 8 nitrogen and oxygen atoms in total. The number of hydrogen-bond donors (Lipinski definition) is 1. The van der Waals surface area contributed by atoms with E-state index in [0.717, 1.165) is 5.56 Å².